The minimum atomic E-state index is 0.112. The SMILES string of the molecule is CCC(COC)NC1CCOC(CC)(CC)C1. The van der Waals surface area contributed by atoms with Gasteiger partial charge in [-0.05, 0) is 32.1 Å². The summed E-state index contributed by atoms with van der Waals surface area (Å²) in [4.78, 5) is 0. The second-order valence-electron chi connectivity index (χ2n) is 5.16. The number of methoxy groups -OCH3 is 1. The third-order valence-corrected chi connectivity index (χ3v) is 4.11. The molecule has 0 spiro atoms. The zero-order valence-electron chi connectivity index (χ0n) is 11.9. The van der Waals surface area contributed by atoms with Crippen LogP contribution in [-0.4, -0.2) is 38.0 Å². The van der Waals surface area contributed by atoms with E-state index in [1.807, 2.05) is 0 Å². The van der Waals surface area contributed by atoms with E-state index in [1.54, 1.807) is 7.11 Å². The predicted octanol–water partition coefficient (Wildman–Crippen LogP) is 2.74. The number of hydrogen-bond donors (Lipinski definition) is 1. The standard InChI is InChI=1S/C14H29NO2/c1-5-12(11-16-4)15-13-8-9-17-14(6-2,7-3)10-13/h12-13,15H,5-11H2,1-4H3. The van der Waals surface area contributed by atoms with E-state index in [-0.39, 0.29) is 5.60 Å². The number of hydrogen-bond acceptors (Lipinski definition) is 3. The van der Waals surface area contributed by atoms with E-state index < -0.39 is 0 Å². The smallest absolute Gasteiger partial charge is 0.0692 e. The Hall–Kier alpha value is -0.120. The van der Waals surface area contributed by atoms with Gasteiger partial charge in [0.05, 0.1) is 12.2 Å². The first-order chi connectivity index (χ1) is 8.19. The van der Waals surface area contributed by atoms with Crippen LogP contribution in [0.5, 0.6) is 0 Å². The number of ether oxygens (including phenoxy) is 2. The molecule has 1 saturated heterocycles. The quantitative estimate of drug-likeness (QED) is 0.746. The maximum Gasteiger partial charge on any atom is 0.0692 e. The zero-order valence-corrected chi connectivity index (χ0v) is 11.9. The predicted molar refractivity (Wildman–Crippen MR) is 71.4 cm³/mol. The van der Waals surface area contributed by atoms with Gasteiger partial charge in [0, 0.05) is 25.8 Å². The summed E-state index contributed by atoms with van der Waals surface area (Å²) in [5.41, 5.74) is 0.112. The summed E-state index contributed by atoms with van der Waals surface area (Å²) in [7, 11) is 1.77. The van der Waals surface area contributed by atoms with Crippen molar-refractivity contribution in [1.29, 1.82) is 0 Å². The van der Waals surface area contributed by atoms with Crippen molar-refractivity contribution in [2.24, 2.45) is 0 Å². The van der Waals surface area contributed by atoms with E-state index in [9.17, 15) is 0 Å². The zero-order chi connectivity index (χ0) is 12.7. The highest BCUT2D eigenvalue weighted by Crippen LogP contribution is 2.31. The fourth-order valence-electron chi connectivity index (χ4n) is 2.73. The normalized spacial score (nSPS) is 25.8. The Kier molecular flexibility index (Phi) is 6.45. The van der Waals surface area contributed by atoms with Crippen LogP contribution in [0.2, 0.25) is 0 Å². The Labute approximate surface area is 106 Å². The van der Waals surface area contributed by atoms with Crippen molar-refractivity contribution >= 4 is 0 Å². The van der Waals surface area contributed by atoms with E-state index in [4.69, 9.17) is 9.47 Å². The lowest BCUT2D eigenvalue weighted by atomic mass is 9.85. The molecule has 17 heavy (non-hydrogen) atoms. The van der Waals surface area contributed by atoms with Crippen molar-refractivity contribution in [3.8, 4) is 0 Å². The average molecular weight is 243 g/mol. The van der Waals surface area contributed by atoms with Gasteiger partial charge >= 0.3 is 0 Å². The van der Waals surface area contributed by atoms with Crippen LogP contribution in [0.25, 0.3) is 0 Å². The number of nitrogens with one attached hydrogen (secondary N) is 1. The van der Waals surface area contributed by atoms with Crippen LogP contribution in [0.1, 0.15) is 52.9 Å². The van der Waals surface area contributed by atoms with Crippen LogP contribution in [0.3, 0.4) is 0 Å². The van der Waals surface area contributed by atoms with Crippen molar-refractivity contribution < 1.29 is 9.47 Å². The van der Waals surface area contributed by atoms with Gasteiger partial charge in [-0.2, -0.15) is 0 Å². The fourth-order valence-corrected chi connectivity index (χ4v) is 2.73. The van der Waals surface area contributed by atoms with Crippen LogP contribution in [-0.2, 0) is 9.47 Å². The second-order valence-corrected chi connectivity index (χ2v) is 5.16. The first kappa shape index (κ1) is 14.9. The molecule has 1 aliphatic rings. The van der Waals surface area contributed by atoms with Gasteiger partial charge in [0.1, 0.15) is 0 Å². The lowest BCUT2D eigenvalue weighted by Crippen LogP contribution is -2.50. The van der Waals surface area contributed by atoms with Crippen LogP contribution < -0.4 is 5.32 Å². The van der Waals surface area contributed by atoms with Crippen LogP contribution in [0.15, 0.2) is 0 Å². The summed E-state index contributed by atoms with van der Waals surface area (Å²) in [6.45, 7) is 8.38. The highest BCUT2D eigenvalue weighted by Gasteiger charge is 2.34. The summed E-state index contributed by atoms with van der Waals surface area (Å²) in [6, 6.07) is 1.07. The Morgan fingerprint density at radius 1 is 1.35 bits per heavy atom. The molecule has 102 valence electrons. The van der Waals surface area contributed by atoms with Gasteiger partial charge in [-0.3, -0.25) is 0 Å². The molecule has 0 bridgehead atoms. The van der Waals surface area contributed by atoms with Crippen LogP contribution in [0.4, 0.5) is 0 Å². The van der Waals surface area contributed by atoms with Gasteiger partial charge < -0.3 is 14.8 Å². The van der Waals surface area contributed by atoms with E-state index in [0.29, 0.717) is 12.1 Å². The molecule has 0 saturated carbocycles. The molecule has 0 aromatic rings. The highest BCUT2D eigenvalue weighted by molar-refractivity contribution is 4.89. The summed E-state index contributed by atoms with van der Waals surface area (Å²) in [5, 5.41) is 3.72. The molecule has 2 unspecified atom stereocenters. The molecule has 3 heteroatoms. The molecule has 3 nitrogen and oxygen atoms in total. The third-order valence-electron chi connectivity index (χ3n) is 4.11. The molecule has 0 amide bonds. The molecule has 1 rings (SSSR count). The van der Waals surface area contributed by atoms with Crippen molar-refractivity contribution in [3.05, 3.63) is 0 Å². The molecular formula is C14H29NO2. The lowest BCUT2D eigenvalue weighted by Gasteiger charge is -2.41. The van der Waals surface area contributed by atoms with E-state index in [2.05, 4.69) is 26.1 Å². The fraction of sp³-hybridized carbons (Fsp3) is 1.00. The Morgan fingerprint density at radius 2 is 2.06 bits per heavy atom. The first-order valence-corrected chi connectivity index (χ1v) is 7.08. The molecule has 2 atom stereocenters. The van der Waals surface area contributed by atoms with Crippen molar-refractivity contribution in [2.45, 2.75) is 70.6 Å². The maximum atomic E-state index is 6.00. The second kappa shape index (κ2) is 7.34. The van der Waals surface area contributed by atoms with Gasteiger partial charge in [0.15, 0.2) is 0 Å². The van der Waals surface area contributed by atoms with Gasteiger partial charge in [0.2, 0.25) is 0 Å². The van der Waals surface area contributed by atoms with Crippen molar-refractivity contribution in [1.82, 2.24) is 5.32 Å². The maximum absolute atomic E-state index is 6.00. The summed E-state index contributed by atoms with van der Waals surface area (Å²) in [5.74, 6) is 0. The molecule has 1 aliphatic heterocycles. The van der Waals surface area contributed by atoms with Gasteiger partial charge in [-0.25, -0.2) is 0 Å². The third kappa shape index (κ3) is 4.23. The van der Waals surface area contributed by atoms with Gasteiger partial charge in [0.25, 0.3) is 0 Å². The number of rotatable bonds is 7. The minimum absolute atomic E-state index is 0.112. The minimum Gasteiger partial charge on any atom is -0.383 e. The van der Waals surface area contributed by atoms with Crippen LogP contribution in [0, 0.1) is 0 Å². The summed E-state index contributed by atoms with van der Waals surface area (Å²) >= 11 is 0. The molecule has 0 radical (unpaired) electrons. The van der Waals surface area contributed by atoms with E-state index >= 15 is 0 Å². The van der Waals surface area contributed by atoms with Gasteiger partial charge in [-0.15, -0.1) is 0 Å². The van der Waals surface area contributed by atoms with E-state index in [1.165, 1.54) is 0 Å². The topological polar surface area (TPSA) is 30.5 Å². The molecule has 1 heterocycles. The largest absolute Gasteiger partial charge is 0.383 e. The van der Waals surface area contributed by atoms with Crippen LogP contribution >= 0.6 is 0 Å². The average Bonchev–Trinajstić information content (AvgIpc) is 2.38. The molecule has 0 aromatic heterocycles. The molecule has 1 N–H and O–H groups in total. The Balaban J connectivity index is 2.48. The lowest BCUT2D eigenvalue weighted by molar-refractivity contribution is -0.0947. The Bertz CT molecular complexity index is 204. The first-order valence-electron chi connectivity index (χ1n) is 7.08. The van der Waals surface area contributed by atoms with Crippen molar-refractivity contribution in [3.63, 3.8) is 0 Å². The molecular weight excluding hydrogens is 214 g/mol. The summed E-state index contributed by atoms with van der Waals surface area (Å²) < 4.78 is 11.2. The monoisotopic (exact) mass is 243 g/mol. The highest BCUT2D eigenvalue weighted by atomic mass is 16.5. The molecule has 0 aliphatic carbocycles. The van der Waals surface area contributed by atoms with Gasteiger partial charge in [-0.1, -0.05) is 20.8 Å². The molecule has 0 aromatic carbocycles. The van der Waals surface area contributed by atoms with Crippen molar-refractivity contribution in [2.75, 3.05) is 20.3 Å². The molecule has 1 fully saturated rings. The Morgan fingerprint density at radius 3 is 2.59 bits per heavy atom. The summed E-state index contributed by atoms with van der Waals surface area (Å²) in [6.07, 6.45) is 5.62. The van der Waals surface area contributed by atoms with E-state index in [0.717, 1.165) is 45.3 Å².